The average molecular weight is 886 g/mol. The van der Waals surface area contributed by atoms with Gasteiger partial charge in [-0.15, -0.1) is 12.6 Å². The van der Waals surface area contributed by atoms with E-state index in [0.29, 0.717) is 34.1 Å². The van der Waals surface area contributed by atoms with Gasteiger partial charge in [0.2, 0.25) is 5.78 Å². The largest absolute Gasteiger partial charge is 0.332 e. The molecule has 306 valence electrons. The van der Waals surface area contributed by atoms with Gasteiger partial charge in [0.25, 0.3) is 11.1 Å². The van der Waals surface area contributed by atoms with Crippen LogP contribution in [0.1, 0.15) is 66.7 Å². The standard InChI is InChI=1S/C21H16ClN3O4S.C15H13N3O4.C6H5ClS/c1-4-12-15-16(17-19(23-12)24(2)21(29)25(3)20(17)28)13(26)9-14(18(15)27)30-11-7-5-6-10(22)8-11;1-4-7-10-8(19)5-6-9(20)11(10)12-13(16-7)17(2)15(22)18(3)14(12)21;7-5-2-1-3-6(8)4-5/h5-9H,4H2,1-3H3;5-6H,4H2,1-3H3;1-4,8H. The van der Waals surface area contributed by atoms with Crippen molar-refractivity contribution in [2.45, 2.75) is 36.5 Å². The summed E-state index contributed by atoms with van der Waals surface area (Å²) in [6, 6.07) is 14.3. The summed E-state index contributed by atoms with van der Waals surface area (Å²) in [6.07, 6.45) is 4.34. The second kappa shape index (κ2) is 17.3. The van der Waals surface area contributed by atoms with Crippen LogP contribution in [0.15, 0.2) is 101 Å². The number of aryl methyl sites for hydroxylation is 4. The fraction of sp³-hybridized carbons (Fsp3) is 0.190. The number of ketones is 4. The molecule has 0 N–H and O–H groups in total. The normalized spacial score (nSPS) is 13.1. The van der Waals surface area contributed by atoms with Crippen LogP contribution in [0.5, 0.6) is 0 Å². The Morgan fingerprint density at radius 1 is 0.600 bits per heavy atom. The van der Waals surface area contributed by atoms with Crippen LogP contribution in [0.25, 0.3) is 22.1 Å². The van der Waals surface area contributed by atoms with Crippen molar-refractivity contribution >= 4 is 92.8 Å². The Morgan fingerprint density at radius 2 is 1.07 bits per heavy atom. The van der Waals surface area contributed by atoms with Gasteiger partial charge in [0.1, 0.15) is 11.3 Å². The quantitative estimate of drug-likeness (QED) is 0.216. The fourth-order valence-corrected chi connectivity index (χ4v) is 8.39. The van der Waals surface area contributed by atoms with E-state index < -0.39 is 34.1 Å². The molecular weight excluding hydrogens is 852 g/mol. The highest BCUT2D eigenvalue weighted by Gasteiger charge is 2.34. The maximum atomic E-state index is 13.3. The summed E-state index contributed by atoms with van der Waals surface area (Å²) in [5.74, 6) is -1.62. The molecule has 0 amide bonds. The number of allylic oxidation sites excluding steroid dienone is 4. The number of benzene rings is 2. The maximum Gasteiger partial charge on any atom is 0.332 e. The number of thioether (sulfide) groups is 1. The first kappa shape index (κ1) is 43.6. The molecule has 2 aliphatic carbocycles. The number of fused-ring (bicyclic) bond motifs is 6. The first-order valence-corrected chi connectivity index (χ1v) is 20.1. The Labute approximate surface area is 360 Å². The number of hydrogen-bond donors (Lipinski definition) is 1. The van der Waals surface area contributed by atoms with Crippen LogP contribution >= 0.6 is 47.6 Å². The zero-order valence-electron chi connectivity index (χ0n) is 32.8. The lowest BCUT2D eigenvalue weighted by Crippen LogP contribution is -2.39. The number of rotatable bonds is 4. The summed E-state index contributed by atoms with van der Waals surface area (Å²) < 4.78 is 4.25. The number of hydrogen-bond acceptors (Lipinski definition) is 12. The molecule has 8 rings (SSSR count). The van der Waals surface area contributed by atoms with Crippen molar-refractivity contribution in [1.29, 1.82) is 0 Å². The molecule has 0 unspecified atom stereocenters. The van der Waals surface area contributed by atoms with Crippen LogP contribution in [0.3, 0.4) is 0 Å². The Kier molecular flexibility index (Phi) is 12.6. The number of pyridine rings is 2. The molecule has 60 heavy (non-hydrogen) atoms. The van der Waals surface area contributed by atoms with Crippen LogP contribution in [-0.2, 0) is 41.0 Å². The molecule has 4 aromatic heterocycles. The van der Waals surface area contributed by atoms with E-state index in [1.54, 1.807) is 44.2 Å². The first-order chi connectivity index (χ1) is 28.4. The van der Waals surface area contributed by atoms with Crippen molar-refractivity contribution in [1.82, 2.24) is 28.2 Å². The van der Waals surface area contributed by atoms with Crippen molar-refractivity contribution in [3.05, 3.63) is 157 Å². The van der Waals surface area contributed by atoms with Gasteiger partial charge in [-0.05, 0) is 61.4 Å². The van der Waals surface area contributed by atoms with Crippen molar-refractivity contribution in [2.75, 3.05) is 0 Å². The molecule has 0 fully saturated rings. The SMILES string of the molecule is CCc1nc2c(c3c1C(=O)C(Sc1cccc(Cl)c1)=CC3=O)c(=O)n(C)c(=O)n2C.CCc1nc2c(c3c1C(=O)C=CC3=O)c(=O)n(C)c(=O)n2C.Sc1cccc(Cl)c1. The second-order valence-electron chi connectivity index (χ2n) is 13.4. The maximum absolute atomic E-state index is 13.3. The average Bonchev–Trinajstić information content (AvgIpc) is 3.22. The Balaban J connectivity index is 0.000000175. The summed E-state index contributed by atoms with van der Waals surface area (Å²) in [4.78, 5) is 111. The minimum absolute atomic E-state index is 0.00786. The first-order valence-electron chi connectivity index (χ1n) is 18.1. The summed E-state index contributed by atoms with van der Waals surface area (Å²) in [7, 11) is 5.62. The van der Waals surface area contributed by atoms with Crippen LogP contribution in [0, 0.1) is 0 Å². The Bertz CT molecular complexity index is 3180. The van der Waals surface area contributed by atoms with Gasteiger partial charge in [0.15, 0.2) is 17.3 Å². The number of aromatic nitrogens is 6. The number of nitrogens with zero attached hydrogens (tertiary/aromatic N) is 6. The molecule has 0 spiro atoms. The predicted molar refractivity (Wildman–Crippen MR) is 234 cm³/mol. The molecule has 0 bridgehead atoms. The highest BCUT2D eigenvalue weighted by Crippen LogP contribution is 2.37. The fourth-order valence-electron chi connectivity index (χ4n) is 6.69. The lowest BCUT2D eigenvalue weighted by Gasteiger charge is -2.20. The zero-order chi connectivity index (χ0) is 43.9. The van der Waals surface area contributed by atoms with E-state index in [1.165, 1.54) is 49.5 Å². The summed E-state index contributed by atoms with van der Waals surface area (Å²) >= 11 is 16.8. The van der Waals surface area contributed by atoms with Gasteiger partial charge < -0.3 is 0 Å². The summed E-state index contributed by atoms with van der Waals surface area (Å²) in [5.41, 5.74) is -1.01. The topological polar surface area (TPSA) is 182 Å². The van der Waals surface area contributed by atoms with Gasteiger partial charge in [0, 0.05) is 54.1 Å². The molecule has 0 saturated carbocycles. The van der Waals surface area contributed by atoms with Crippen LogP contribution < -0.4 is 22.5 Å². The van der Waals surface area contributed by atoms with Gasteiger partial charge in [-0.3, -0.25) is 47.0 Å². The summed E-state index contributed by atoms with van der Waals surface area (Å²) in [5, 5.41) is 1.24. The Hall–Kier alpha value is -5.94. The van der Waals surface area contributed by atoms with E-state index in [9.17, 15) is 38.4 Å². The van der Waals surface area contributed by atoms with E-state index in [0.717, 1.165) is 36.9 Å². The number of thiol groups is 1. The number of carbonyl (C=O) groups excluding carboxylic acids is 4. The third-order valence-electron chi connectivity index (χ3n) is 9.67. The van der Waals surface area contributed by atoms with Gasteiger partial charge >= 0.3 is 11.4 Å². The third-order valence-corrected chi connectivity index (χ3v) is 11.4. The molecule has 2 aromatic carbocycles. The minimum Gasteiger partial charge on any atom is -0.289 e. The molecule has 14 nitrogen and oxygen atoms in total. The predicted octanol–water partition coefficient (Wildman–Crippen LogP) is 5.66. The van der Waals surface area contributed by atoms with E-state index in [2.05, 4.69) is 22.6 Å². The van der Waals surface area contributed by atoms with E-state index in [1.807, 2.05) is 18.2 Å². The molecule has 2 aliphatic rings. The van der Waals surface area contributed by atoms with Crippen LogP contribution in [0.2, 0.25) is 10.0 Å². The van der Waals surface area contributed by atoms with Gasteiger partial charge in [-0.2, -0.15) is 0 Å². The van der Waals surface area contributed by atoms with E-state index in [4.69, 9.17) is 23.2 Å². The molecular formula is C42H34Cl2N6O8S2. The smallest absolute Gasteiger partial charge is 0.289 e. The molecule has 6 aromatic rings. The van der Waals surface area contributed by atoms with Crippen molar-refractivity contribution in [3.63, 3.8) is 0 Å². The zero-order valence-corrected chi connectivity index (χ0v) is 36.0. The van der Waals surface area contributed by atoms with Gasteiger partial charge in [-0.1, -0.05) is 60.9 Å². The van der Waals surface area contributed by atoms with Crippen molar-refractivity contribution in [2.24, 2.45) is 28.2 Å². The number of carbonyl (C=O) groups is 4. The summed E-state index contributed by atoms with van der Waals surface area (Å²) in [6.45, 7) is 3.59. The molecule has 4 heterocycles. The van der Waals surface area contributed by atoms with E-state index in [-0.39, 0.29) is 60.8 Å². The third kappa shape index (κ3) is 7.90. The minimum atomic E-state index is -0.653. The molecule has 0 aliphatic heterocycles. The number of halogens is 2. The molecule has 0 radical (unpaired) electrons. The van der Waals surface area contributed by atoms with Crippen LogP contribution in [-0.4, -0.2) is 51.4 Å². The number of Topliss-reactive ketones (excluding diaryl/α,β-unsaturated/α-hetero) is 1. The van der Waals surface area contributed by atoms with E-state index >= 15 is 0 Å². The molecule has 0 atom stereocenters. The molecule has 18 heteroatoms. The lowest BCUT2D eigenvalue weighted by atomic mass is 9.90. The lowest BCUT2D eigenvalue weighted by molar-refractivity contribution is 0.0991. The van der Waals surface area contributed by atoms with Crippen molar-refractivity contribution < 1.29 is 19.2 Å². The second-order valence-corrected chi connectivity index (χ2v) is 15.9. The van der Waals surface area contributed by atoms with Gasteiger partial charge in [-0.25, -0.2) is 19.6 Å². The monoisotopic (exact) mass is 884 g/mol. The highest BCUT2D eigenvalue weighted by atomic mass is 35.5. The van der Waals surface area contributed by atoms with Crippen molar-refractivity contribution in [3.8, 4) is 0 Å². The highest BCUT2D eigenvalue weighted by molar-refractivity contribution is 8.04. The van der Waals surface area contributed by atoms with Crippen LogP contribution in [0.4, 0.5) is 0 Å². The Morgan fingerprint density at radius 3 is 1.53 bits per heavy atom. The molecule has 0 saturated heterocycles. The van der Waals surface area contributed by atoms with Gasteiger partial charge in [0.05, 0.1) is 49.3 Å².